The van der Waals surface area contributed by atoms with Gasteiger partial charge in [-0.05, 0) is 83.9 Å². The molecule has 7 heteroatoms. The van der Waals surface area contributed by atoms with Crippen molar-refractivity contribution in [3.63, 3.8) is 0 Å². The Morgan fingerprint density at radius 1 is 1.04 bits per heavy atom. The summed E-state index contributed by atoms with van der Waals surface area (Å²) in [5.41, 5.74) is 4.44. The Balaban J connectivity index is 0.000000347. The minimum atomic E-state index is -0.337. The van der Waals surface area contributed by atoms with Crippen LogP contribution in [-0.4, -0.2) is 21.1 Å². The fraction of sp³-hybridized carbons (Fsp3) is 0.511. The maximum atomic E-state index is 12.2. The Hall–Kier alpha value is -1.89. The molecule has 0 saturated heterocycles. The number of fused-ring (bicyclic) bond motifs is 5. The molecule has 2 aromatic heterocycles. The maximum Gasteiger partial charge on any atom is 0.164 e. The number of hydrogen-bond donors (Lipinski definition) is 1. The molecular formula is C45H60IrNO2S3-. The molecule has 4 aromatic rings. The average Bonchev–Trinajstić information content (AvgIpc) is 3.63. The number of aliphatic hydroxyl groups excluding tert-OH is 1. The molecule has 52 heavy (non-hydrogen) atoms. The van der Waals surface area contributed by atoms with E-state index in [-0.39, 0.29) is 47.9 Å². The Morgan fingerprint density at radius 3 is 2.23 bits per heavy atom. The Morgan fingerprint density at radius 2 is 1.67 bits per heavy atom. The van der Waals surface area contributed by atoms with Gasteiger partial charge in [-0.15, -0.1) is 52.4 Å². The molecule has 0 saturated carbocycles. The van der Waals surface area contributed by atoms with Crippen LogP contribution in [0.1, 0.15) is 132 Å². The summed E-state index contributed by atoms with van der Waals surface area (Å²) in [6, 6.07) is 14.9. The van der Waals surface area contributed by atoms with Crippen LogP contribution in [0.5, 0.6) is 0 Å². The van der Waals surface area contributed by atoms with Crippen molar-refractivity contribution in [1.82, 2.24) is 4.98 Å². The quantitative estimate of drug-likeness (QED) is 0.0664. The van der Waals surface area contributed by atoms with E-state index in [1.54, 1.807) is 17.3 Å². The Kier molecular flexibility index (Phi) is 15.5. The number of allylic oxidation sites excluding steroid dienone is 2. The summed E-state index contributed by atoms with van der Waals surface area (Å²) in [5, 5.41) is 15.5. The molecule has 0 aliphatic carbocycles. The number of aromatic nitrogens is 1. The molecule has 2 aromatic carbocycles. The van der Waals surface area contributed by atoms with Crippen LogP contribution in [0.2, 0.25) is 0 Å². The minimum Gasteiger partial charge on any atom is -0.512 e. The molecule has 0 spiro atoms. The zero-order valence-electron chi connectivity index (χ0n) is 33.5. The summed E-state index contributed by atoms with van der Waals surface area (Å²) >= 11 is 5.61. The second-order valence-electron chi connectivity index (χ2n) is 16.1. The van der Waals surface area contributed by atoms with Crippen LogP contribution in [0.15, 0.2) is 70.1 Å². The van der Waals surface area contributed by atoms with Crippen molar-refractivity contribution >= 4 is 60.8 Å². The van der Waals surface area contributed by atoms with Crippen molar-refractivity contribution in [2.45, 2.75) is 142 Å². The predicted octanol–water partition coefficient (Wildman–Crippen LogP) is 14.7. The molecule has 0 amide bonds. The SMILES string of the molecule is C=CSc1c[c-]c(-c2nccc3c2sc2ccc4c(c23)C(CC(C)C)C(C)S4)cc1C(C)(C)C.CCC(C)(CC)C(=O)/C=C(\O)C(C)(CC)CC.[Ir]. The van der Waals surface area contributed by atoms with Gasteiger partial charge in [0, 0.05) is 73.8 Å². The van der Waals surface area contributed by atoms with Crippen molar-refractivity contribution in [3.05, 3.63) is 77.5 Å². The molecule has 0 fully saturated rings. The number of hydrogen-bond acceptors (Lipinski definition) is 6. The molecule has 285 valence electrons. The predicted molar refractivity (Wildman–Crippen MR) is 227 cm³/mol. The zero-order valence-corrected chi connectivity index (χ0v) is 38.3. The van der Waals surface area contributed by atoms with E-state index in [1.165, 1.54) is 48.0 Å². The first-order chi connectivity index (χ1) is 24.0. The first kappa shape index (κ1) is 44.5. The smallest absolute Gasteiger partial charge is 0.164 e. The second-order valence-corrected chi connectivity index (χ2v) is 19.6. The van der Waals surface area contributed by atoms with Crippen LogP contribution < -0.4 is 0 Å². The molecule has 2 unspecified atom stereocenters. The first-order valence-electron chi connectivity index (χ1n) is 18.8. The van der Waals surface area contributed by atoms with Crippen LogP contribution in [-0.2, 0) is 30.3 Å². The second kappa shape index (κ2) is 18.2. The van der Waals surface area contributed by atoms with Crippen molar-refractivity contribution in [2.75, 3.05) is 0 Å². The third-order valence-corrected chi connectivity index (χ3v) is 14.6. The third-order valence-electron chi connectivity index (χ3n) is 11.3. The van der Waals surface area contributed by atoms with Crippen molar-refractivity contribution in [2.24, 2.45) is 16.7 Å². The van der Waals surface area contributed by atoms with Crippen LogP contribution in [0, 0.1) is 22.8 Å². The van der Waals surface area contributed by atoms with Crippen molar-refractivity contribution in [1.29, 1.82) is 0 Å². The molecule has 1 N–H and O–H groups in total. The number of carbonyl (C=O) groups excluding carboxylic acids is 1. The van der Waals surface area contributed by atoms with E-state index in [2.05, 4.69) is 96.3 Å². The van der Waals surface area contributed by atoms with Crippen molar-refractivity contribution < 1.29 is 30.0 Å². The van der Waals surface area contributed by atoms with Gasteiger partial charge in [0.2, 0.25) is 0 Å². The van der Waals surface area contributed by atoms with E-state index >= 15 is 0 Å². The summed E-state index contributed by atoms with van der Waals surface area (Å²) in [6.45, 7) is 29.9. The monoisotopic (exact) mass is 935 g/mol. The molecule has 2 atom stereocenters. The Bertz CT molecular complexity index is 1890. The van der Waals surface area contributed by atoms with Gasteiger partial charge in [-0.2, -0.15) is 11.8 Å². The molecule has 3 heterocycles. The van der Waals surface area contributed by atoms with Crippen LogP contribution in [0.4, 0.5) is 0 Å². The van der Waals surface area contributed by atoms with E-state index < -0.39 is 0 Å². The van der Waals surface area contributed by atoms with Gasteiger partial charge in [-0.1, -0.05) is 94.6 Å². The molecular weight excluding hydrogens is 875 g/mol. The first-order valence-corrected chi connectivity index (χ1v) is 21.4. The molecule has 1 radical (unpaired) electrons. The van der Waals surface area contributed by atoms with Gasteiger partial charge in [-0.3, -0.25) is 4.79 Å². The van der Waals surface area contributed by atoms with Crippen LogP contribution in [0.3, 0.4) is 0 Å². The summed E-state index contributed by atoms with van der Waals surface area (Å²) in [7, 11) is 0. The van der Waals surface area contributed by atoms with E-state index in [0.29, 0.717) is 17.1 Å². The standard InChI is InChI=1S/C30H32NS3.C15H28O2.Ir/c1-8-32-23-10-9-19(16-22(23)30(5,6)7)28-29-20(13-14-31-28)26-25(34-29)12-11-24-27(26)21(15-17(2)3)18(4)33-24;1-7-14(5,8-2)12(16)11-13(17)15(6,9-3)10-4;/h8,10-14,16-18,21H,1,15H2,2-7H3;11,16H,7-10H2,1-6H3;/q-1;;/b;12-11-;. The van der Waals surface area contributed by atoms with Gasteiger partial charge in [0.15, 0.2) is 5.78 Å². The van der Waals surface area contributed by atoms with Gasteiger partial charge in [0.05, 0.1) is 0 Å². The largest absolute Gasteiger partial charge is 0.512 e. The summed E-state index contributed by atoms with van der Waals surface area (Å²) in [5.74, 6) is 1.58. The molecule has 1 aliphatic heterocycles. The normalized spacial score (nSPS) is 16.4. The number of benzene rings is 2. The van der Waals surface area contributed by atoms with Gasteiger partial charge < -0.3 is 10.1 Å². The van der Waals surface area contributed by atoms with Gasteiger partial charge in [0.25, 0.3) is 0 Å². The van der Waals surface area contributed by atoms with Gasteiger partial charge >= 0.3 is 0 Å². The fourth-order valence-electron chi connectivity index (χ4n) is 6.87. The third kappa shape index (κ3) is 9.31. The van der Waals surface area contributed by atoms with E-state index in [1.807, 2.05) is 64.5 Å². The average molecular weight is 935 g/mol. The number of thiophene rings is 1. The molecule has 3 nitrogen and oxygen atoms in total. The number of pyridine rings is 1. The van der Waals surface area contributed by atoms with Gasteiger partial charge in [-0.25, -0.2) is 0 Å². The Labute approximate surface area is 340 Å². The molecule has 0 bridgehead atoms. The van der Waals surface area contributed by atoms with E-state index in [9.17, 15) is 9.90 Å². The number of aliphatic hydroxyl groups is 1. The number of carbonyl (C=O) groups is 1. The summed E-state index contributed by atoms with van der Waals surface area (Å²) < 4.78 is 2.65. The molecule has 1 aliphatic rings. The number of thioether (sulfide) groups is 2. The summed E-state index contributed by atoms with van der Waals surface area (Å²) in [4.78, 5) is 19.8. The van der Waals surface area contributed by atoms with E-state index in [0.717, 1.165) is 36.9 Å². The van der Waals surface area contributed by atoms with Crippen LogP contribution in [0.25, 0.3) is 31.4 Å². The summed E-state index contributed by atoms with van der Waals surface area (Å²) in [6.07, 6.45) is 7.98. The number of ketones is 1. The fourth-order valence-corrected chi connectivity index (χ4v) is 10.2. The minimum absolute atomic E-state index is 0. The number of nitrogens with zero attached hydrogens (tertiary/aromatic N) is 1. The topological polar surface area (TPSA) is 50.2 Å². The molecule has 5 rings (SSSR count). The van der Waals surface area contributed by atoms with E-state index in [4.69, 9.17) is 4.98 Å². The maximum absolute atomic E-state index is 12.2. The zero-order chi connectivity index (χ0) is 37.9. The van der Waals surface area contributed by atoms with Crippen molar-refractivity contribution in [3.8, 4) is 11.3 Å². The van der Waals surface area contributed by atoms with Crippen LogP contribution >= 0.6 is 34.9 Å². The number of rotatable bonds is 12. The van der Waals surface area contributed by atoms with Gasteiger partial charge in [0.1, 0.15) is 5.76 Å².